The van der Waals surface area contributed by atoms with E-state index in [0.29, 0.717) is 0 Å². The van der Waals surface area contributed by atoms with Crippen LogP contribution < -0.4 is 0 Å². The predicted octanol–water partition coefficient (Wildman–Crippen LogP) is 1.98. The first-order chi connectivity index (χ1) is 5.90. The molecule has 0 spiro atoms. The van der Waals surface area contributed by atoms with E-state index in [1.807, 2.05) is 18.2 Å². The van der Waals surface area contributed by atoms with Gasteiger partial charge in [0.1, 0.15) is 5.82 Å². The molecule has 0 aliphatic heterocycles. The summed E-state index contributed by atoms with van der Waals surface area (Å²) in [5.41, 5.74) is 2.19. The smallest absolute Gasteiger partial charge is 0.107 e. The highest BCUT2D eigenvalue weighted by atomic mass is 31.0. The first-order valence-corrected chi connectivity index (χ1v) is 4.85. The van der Waals surface area contributed by atoms with E-state index in [4.69, 9.17) is 0 Å². The summed E-state index contributed by atoms with van der Waals surface area (Å²) in [7, 11) is 2.70. The molecule has 1 aromatic heterocycles. The third-order valence-corrected chi connectivity index (χ3v) is 2.11. The van der Waals surface area contributed by atoms with Crippen molar-refractivity contribution in [1.29, 1.82) is 0 Å². The molecule has 12 heavy (non-hydrogen) atoms. The molecule has 0 fully saturated rings. The van der Waals surface area contributed by atoms with E-state index in [-0.39, 0.29) is 0 Å². The number of aromatic amines is 1. The van der Waals surface area contributed by atoms with Crippen LogP contribution in [0.4, 0.5) is 0 Å². The van der Waals surface area contributed by atoms with Crippen LogP contribution in [0.1, 0.15) is 5.82 Å². The Kier molecular flexibility index (Phi) is 2.09. The van der Waals surface area contributed by atoms with E-state index in [1.54, 1.807) is 0 Å². The van der Waals surface area contributed by atoms with Gasteiger partial charge in [-0.05, 0) is 18.3 Å². The summed E-state index contributed by atoms with van der Waals surface area (Å²) in [6, 6.07) is 8.10. The van der Waals surface area contributed by atoms with Crippen LogP contribution in [0.25, 0.3) is 11.0 Å². The van der Waals surface area contributed by atoms with Gasteiger partial charge >= 0.3 is 0 Å². The van der Waals surface area contributed by atoms with Crippen LogP contribution >= 0.6 is 9.24 Å². The zero-order chi connectivity index (χ0) is 8.39. The molecule has 1 aromatic carbocycles. The second-order valence-electron chi connectivity index (χ2n) is 2.74. The molecular formula is C9H11N2P. The fourth-order valence-corrected chi connectivity index (χ4v) is 1.53. The normalized spacial score (nSPS) is 10.8. The minimum Gasteiger partial charge on any atom is -0.342 e. The van der Waals surface area contributed by atoms with E-state index in [0.717, 1.165) is 29.4 Å². The van der Waals surface area contributed by atoms with Crippen LogP contribution in [0, 0.1) is 0 Å². The van der Waals surface area contributed by atoms with Crippen LogP contribution in [-0.2, 0) is 6.42 Å². The largest absolute Gasteiger partial charge is 0.342 e. The molecule has 1 unspecified atom stereocenters. The second kappa shape index (κ2) is 3.24. The van der Waals surface area contributed by atoms with Gasteiger partial charge < -0.3 is 4.98 Å². The number of para-hydroxylation sites is 2. The molecule has 2 rings (SSSR count). The number of imidazole rings is 1. The number of hydrogen-bond acceptors (Lipinski definition) is 1. The van der Waals surface area contributed by atoms with Gasteiger partial charge in [-0.25, -0.2) is 4.98 Å². The molecule has 0 saturated heterocycles. The summed E-state index contributed by atoms with van der Waals surface area (Å²) in [6.45, 7) is 0. The number of H-pyrrole nitrogens is 1. The van der Waals surface area contributed by atoms with Gasteiger partial charge in [-0.3, -0.25) is 0 Å². The van der Waals surface area contributed by atoms with Crippen LogP contribution in [0.15, 0.2) is 24.3 Å². The molecule has 1 atom stereocenters. The van der Waals surface area contributed by atoms with Crippen molar-refractivity contribution in [3.8, 4) is 0 Å². The van der Waals surface area contributed by atoms with Gasteiger partial charge in [0, 0.05) is 6.42 Å². The Hall–Kier alpha value is -0.880. The Balaban J connectivity index is 2.47. The summed E-state index contributed by atoms with van der Waals surface area (Å²) in [4.78, 5) is 7.71. The lowest BCUT2D eigenvalue weighted by Gasteiger charge is -1.86. The molecule has 0 aliphatic rings. The summed E-state index contributed by atoms with van der Waals surface area (Å²) >= 11 is 0. The van der Waals surface area contributed by atoms with Gasteiger partial charge in [0.15, 0.2) is 0 Å². The first-order valence-electron chi connectivity index (χ1n) is 4.04. The number of aromatic nitrogens is 2. The molecule has 1 heterocycles. The third kappa shape index (κ3) is 1.35. The molecular weight excluding hydrogens is 167 g/mol. The van der Waals surface area contributed by atoms with Crippen LogP contribution in [0.3, 0.4) is 0 Å². The van der Waals surface area contributed by atoms with E-state index in [2.05, 4.69) is 25.3 Å². The van der Waals surface area contributed by atoms with Gasteiger partial charge in [0.05, 0.1) is 11.0 Å². The Bertz CT molecular complexity index is 348. The molecule has 1 N–H and O–H groups in total. The number of rotatable bonds is 2. The van der Waals surface area contributed by atoms with Crippen LogP contribution in [0.5, 0.6) is 0 Å². The standard InChI is InChI=1S/C9H11N2P/c12-6-5-9-10-7-3-1-2-4-8(7)11-9/h1-4H,5-6,12H2,(H,10,11). The van der Waals surface area contributed by atoms with Gasteiger partial charge in [-0.1, -0.05) is 12.1 Å². The Morgan fingerprint density at radius 1 is 1.33 bits per heavy atom. The molecule has 0 amide bonds. The van der Waals surface area contributed by atoms with Crippen molar-refractivity contribution in [3.63, 3.8) is 0 Å². The average Bonchev–Trinajstić information content (AvgIpc) is 2.47. The quantitative estimate of drug-likeness (QED) is 0.700. The highest BCUT2D eigenvalue weighted by molar-refractivity contribution is 7.16. The number of nitrogens with zero attached hydrogens (tertiary/aromatic N) is 1. The minimum absolute atomic E-state index is 0.999. The molecule has 0 bridgehead atoms. The lowest BCUT2D eigenvalue weighted by atomic mass is 10.3. The van der Waals surface area contributed by atoms with Crippen molar-refractivity contribution < 1.29 is 0 Å². The molecule has 62 valence electrons. The number of nitrogens with one attached hydrogen (secondary N) is 1. The van der Waals surface area contributed by atoms with E-state index >= 15 is 0 Å². The number of hydrogen-bond donors (Lipinski definition) is 1. The second-order valence-corrected chi connectivity index (χ2v) is 3.32. The SMILES string of the molecule is PCCc1nc2ccccc2[nH]1. The molecule has 2 nitrogen and oxygen atoms in total. The summed E-state index contributed by atoms with van der Waals surface area (Å²) in [5.74, 6) is 1.08. The van der Waals surface area contributed by atoms with Crippen molar-refractivity contribution in [2.75, 3.05) is 6.16 Å². The summed E-state index contributed by atoms with van der Waals surface area (Å²) in [5, 5.41) is 0. The number of fused-ring (bicyclic) bond motifs is 1. The Labute approximate surface area is 73.6 Å². The fraction of sp³-hybridized carbons (Fsp3) is 0.222. The zero-order valence-corrected chi connectivity index (χ0v) is 7.90. The topological polar surface area (TPSA) is 28.7 Å². The highest BCUT2D eigenvalue weighted by Crippen LogP contribution is 2.10. The zero-order valence-electron chi connectivity index (χ0n) is 6.75. The number of benzene rings is 1. The fourth-order valence-electron chi connectivity index (χ4n) is 1.26. The molecule has 0 aliphatic carbocycles. The molecule has 3 heteroatoms. The average molecular weight is 178 g/mol. The monoisotopic (exact) mass is 178 g/mol. The van der Waals surface area contributed by atoms with Crippen molar-refractivity contribution in [1.82, 2.24) is 9.97 Å². The van der Waals surface area contributed by atoms with Crippen molar-refractivity contribution in [2.24, 2.45) is 0 Å². The first kappa shape index (κ1) is 7.75. The van der Waals surface area contributed by atoms with Gasteiger partial charge in [0.2, 0.25) is 0 Å². The lowest BCUT2D eigenvalue weighted by molar-refractivity contribution is 1.01. The lowest BCUT2D eigenvalue weighted by Crippen LogP contribution is -1.86. The summed E-state index contributed by atoms with van der Waals surface area (Å²) in [6.07, 6.45) is 2.05. The van der Waals surface area contributed by atoms with Crippen LogP contribution in [0.2, 0.25) is 0 Å². The minimum atomic E-state index is 0.999. The molecule has 0 radical (unpaired) electrons. The molecule has 2 aromatic rings. The van der Waals surface area contributed by atoms with Crippen molar-refractivity contribution in [2.45, 2.75) is 6.42 Å². The van der Waals surface area contributed by atoms with Crippen molar-refractivity contribution in [3.05, 3.63) is 30.1 Å². The van der Waals surface area contributed by atoms with Crippen molar-refractivity contribution >= 4 is 20.3 Å². The van der Waals surface area contributed by atoms with Gasteiger partial charge in [-0.15, -0.1) is 9.24 Å². The maximum Gasteiger partial charge on any atom is 0.107 e. The van der Waals surface area contributed by atoms with Gasteiger partial charge in [-0.2, -0.15) is 0 Å². The predicted molar refractivity (Wildman–Crippen MR) is 54.4 cm³/mol. The maximum atomic E-state index is 4.43. The maximum absolute atomic E-state index is 4.43. The number of aryl methyl sites for hydroxylation is 1. The van der Waals surface area contributed by atoms with Gasteiger partial charge in [0.25, 0.3) is 0 Å². The highest BCUT2D eigenvalue weighted by Gasteiger charge is 1.98. The van der Waals surface area contributed by atoms with E-state index < -0.39 is 0 Å². The molecule has 0 saturated carbocycles. The van der Waals surface area contributed by atoms with E-state index in [1.165, 1.54) is 0 Å². The summed E-state index contributed by atoms with van der Waals surface area (Å²) < 4.78 is 0. The Morgan fingerprint density at radius 3 is 2.92 bits per heavy atom. The van der Waals surface area contributed by atoms with E-state index in [9.17, 15) is 0 Å². The third-order valence-electron chi connectivity index (χ3n) is 1.82. The Morgan fingerprint density at radius 2 is 2.17 bits per heavy atom. The van der Waals surface area contributed by atoms with Crippen LogP contribution in [-0.4, -0.2) is 16.1 Å².